The smallest absolute Gasteiger partial charge is 0.329 e. The second-order valence-electron chi connectivity index (χ2n) is 21.1. The van der Waals surface area contributed by atoms with Crippen molar-refractivity contribution in [2.45, 2.75) is 200 Å². The number of fused-ring (bicyclic) bond motifs is 3. The van der Waals surface area contributed by atoms with E-state index >= 15 is 0 Å². The summed E-state index contributed by atoms with van der Waals surface area (Å²) in [6.45, 7) is 15.2. The van der Waals surface area contributed by atoms with Crippen LogP contribution in [0.4, 0.5) is 0 Å². The topological polar surface area (TPSA) is 208 Å². The summed E-state index contributed by atoms with van der Waals surface area (Å²) in [5.74, 6) is -1.36. The Morgan fingerprint density at radius 3 is 2.31 bits per heavy atom. The molecule has 0 radical (unpaired) electrons. The first-order valence-electron chi connectivity index (χ1n) is 26.7. The van der Waals surface area contributed by atoms with E-state index in [1.807, 2.05) is 65.0 Å². The minimum absolute atomic E-state index is 0.0103. The first kappa shape index (κ1) is 61.0. The fourth-order valence-electron chi connectivity index (χ4n) is 10.9. The number of ether oxygens (including phenoxy) is 6. The molecule has 72 heavy (non-hydrogen) atoms. The molecule has 1 saturated carbocycles. The molecule has 16 atom stereocenters. The molecule has 3 heterocycles. The Hall–Kier alpha value is -3.56. The van der Waals surface area contributed by atoms with Crippen LogP contribution >= 0.6 is 0 Å². The highest BCUT2D eigenvalue weighted by Crippen LogP contribution is 2.38. The Morgan fingerprint density at radius 1 is 0.861 bits per heavy atom. The van der Waals surface area contributed by atoms with E-state index in [1.54, 1.807) is 34.0 Å². The Labute approximate surface area is 430 Å². The Morgan fingerprint density at radius 2 is 1.61 bits per heavy atom. The number of hydrogen-bond acceptors (Lipinski definition) is 14. The number of piperidine rings is 1. The van der Waals surface area contributed by atoms with Gasteiger partial charge >= 0.3 is 5.97 Å². The van der Waals surface area contributed by atoms with Crippen LogP contribution in [-0.4, -0.2) is 150 Å². The maximum absolute atomic E-state index is 14.6. The second-order valence-corrected chi connectivity index (χ2v) is 21.1. The van der Waals surface area contributed by atoms with E-state index < -0.39 is 83.9 Å². The van der Waals surface area contributed by atoms with Gasteiger partial charge in [0.2, 0.25) is 5.79 Å². The number of esters is 1. The molecule has 0 aromatic carbocycles. The van der Waals surface area contributed by atoms with Crippen molar-refractivity contribution < 1.29 is 68.0 Å². The van der Waals surface area contributed by atoms with Gasteiger partial charge in [0.05, 0.1) is 43.7 Å². The number of amides is 1. The van der Waals surface area contributed by atoms with Crippen LogP contribution < -0.4 is 0 Å². The van der Waals surface area contributed by atoms with Gasteiger partial charge in [-0.2, -0.15) is 0 Å². The lowest BCUT2D eigenvalue weighted by atomic mass is 9.78. The maximum Gasteiger partial charge on any atom is 0.329 e. The molecule has 2 bridgehead atoms. The Bertz CT molecular complexity index is 1940. The summed E-state index contributed by atoms with van der Waals surface area (Å²) in [5, 5.41) is 45.0. The summed E-state index contributed by atoms with van der Waals surface area (Å²) in [6, 6.07) is -1.13. The third-order valence-corrected chi connectivity index (χ3v) is 15.4. The molecule has 0 unspecified atom stereocenters. The number of rotatable bonds is 10. The highest BCUT2D eigenvalue weighted by molar-refractivity contribution is 6.39. The van der Waals surface area contributed by atoms with Crippen LogP contribution in [0.25, 0.3) is 0 Å². The number of carbonyl (C=O) groups is 4. The van der Waals surface area contributed by atoms with E-state index in [9.17, 15) is 39.6 Å². The molecule has 15 heteroatoms. The first-order valence-corrected chi connectivity index (χ1v) is 26.7. The number of nitrogens with zero attached hydrogens (tertiary/aromatic N) is 1. The van der Waals surface area contributed by atoms with E-state index in [1.165, 1.54) is 12.0 Å². The maximum atomic E-state index is 14.6. The number of ketones is 2. The lowest BCUT2D eigenvalue weighted by molar-refractivity contribution is -0.265. The number of allylic oxidation sites excluding steroid dienone is 5. The van der Waals surface area contributed by atoms with Gasteiger partial charge < -0.3 is 53.7 Å². The van der Waals surface area contributed by atoms with Crippen LogP contribution in [0.2, 0.25) is 0 Å². The lowest BCUT2D eigenvalue weighted by Crippen LogP contribution is -2.61. The first-order chi connectivity index (χ1) is 34.3. The molecule has 4 N–H and O–H groups in total. The van der Waals surface area contributed by atoms with Crippen molar-refractivity contribution >= 4 is 23.4 Å². The molecule has 1 aliphatic carbocycles. The Balaban J connectivity index is 1.72. The molecule has 406 valence electrons. The van der Waals surface area contributed by atoms with E-state index in [-0.39, 0.29) is 81.4 Å². The highest BCUT2D eigenvalue weighted by atomic mass is 16.6. The third-order valence-electron chi connectivity index (χ3n) is 15.4. The third kappa shape index (κ3) is 17.2. The van der Waals surface area contributed by atoms with Crippen molar-refractivity contribution in [3.63, 3.8) is 0 Å². The fourth-order valence-corrected chi connectivity index (χ4v) is 10.9. The van der Waals surface area contributed by atoms with Gasteiger partial charge in [-0.15, -0.1) is 5.92 Å². The zero-order valence-electron chi connectivity index (χ0n) is 45.0. The minimum atomic E-state index is -2.46. The van der Waals surface area contributed by atoms with Gasteiger partial charge in [-0.05, 0) is 107 Å². The summed E-state index contributed by atoms with van der Waals surface area (Å²) >= 11 is 0. The quantitative estimate of drug-likeness (QED) is 0.0771. The van der Waals surface area contributed by atoms with E-state index in [0.29, 0.717) is 63.4 Å². The molecule has 4 rings (SSSR count). The Kier molecular flexibility index (Phi) is 25.5. The van der Waals surface area contributed by atoms with Crippen LogP contribution in [0.15, 0.2) is 47.6 Å². The molecule has 3 aliphatic heterocycles. The predicted molar refractivity (Wildman–Crippen MR) is 274 cm³/mol. The van der Waals surface area contributed by atoms with Crippen LogP contribution in [0.1, 0.15) is 139 Å². The number of carbonyl (C=O) groups excluding carboxylic acids is 4. The van der Waals surface area contributed by atoms with Crippen molar-refractivity contribution in [2.75, 3.05) is 40.6 Å². The molecule has 1 amide bonds. The summed E-state index contributed by atoms with van der Waals surface area (Å²) in [4.78, 5) is 58.5. The van der Waals surface area contributed by atoms with E-state index in [2.05, 4.69) is 11.8 Å². The average Bonchev–Trinajstić information content (AvgIpc) is 3.36. The number of methoxy groups -OCH3 is 2. The number of Topliss-reactive ketones (excluding diaryl/α,β-unsaturated/α-hetero) is 2. The molecular formula is C57H89NO14. The van der Waals surface area contributed by atoms with Gasteiger partial charge in [0.25, 0.3) is 11.7 Å². The molecule has 3 fully saturated rings. The average molecular weight is 1010 g/mol. The van der Waals surface area contributed by atoms with Crippen molar-refractivity contribution in [3.8, 4) is 11.8 Å². The van der Waals surface area contributed by atoms with Gasteiger partial charge in [0.1, 0.15) is 31.0 Å². The molecule has 0 aromatic heterocycles. The number of hydrogen-bond donors (Lipinski definition) is 4. The van der Waals surface area contributed by atoms with Crippen LogP contribution in [0, 0.1) is 47.3 Å². The van der Waals surface area contributed by atoms with Crippen LogP contribution in [0.3, 0.4) is 0 Å². The molecule has 4 aliphatic rings. The number of cyclic esters (lactones) is 1. The van der Waals surface area contributed by atoms with Crippen molar-refractivity contribution in [1.82, 2.24) is 4.90 Å². The van der Waals surface area contributed by atoms with Crippen LogP contribution in [-0.2, 0) is 47.6 Å². The van der Waals surface area contributed by atoms with Gasteiger partial charge in [-0.1, -0.05) is 83.9 Å². The number of aliphatic hydroxyl groups excluding tert-OH is 3. The minimum Gasteiger partial charge on any atom is -0.460 e. The molecule has 0 spiro atoms. The zero-order chi connectivity index (χ0) is 53.1. The van der Waals surface area contributed by atoms with Crippen molar-refractivity contribution in [1.29, 1.82) is 0 Å². The summed E-state index contributed by atoms with van der Waals surface area (Å²) in [5.41, 5.74) is 1.30. The predicted octanol–water partition coefficient (Wildman–Crippen LogP) is 6.77. The van der Waals surface area contributed by atoms with E-state index in [0.717, 1.165) is 12.0 Å². The van der Waals surface area contributed by atoms with Crippen LogP contribution in [0.5, 0.6) is 0 Å². The fraction of sp³-hybridized carbons (Fsp3) is 0.754. The largest absolute Gasteiger partial charge is 0.460 e. The lowest BCUT2D eigenvalue weighted by Gasteiger charge is -2.43. The standard InChI is InChI=1S/C57H89NO14/c1-11-12-18-28-69-48-34-44-24-22-42(8)57(66,72-44)54(63)55(64)58-26-17-16-21-45(58)56(65)71-49(39(5)32-43-23-25-47(70-29-27-59)50(33-43)67-9)35-46(60)38(4)31-41(7)52(62)53(68-10)51(61)40(6)30-36(2)19-14-13-15-20-37(48)3/h13-15,19-20,31,36,38-40,42-50,52-53,59-60,62,66H,11,16-17,21-30,32-35H2,1-10H3/b15-13+,19-14+,37-20+,41-31+/t36-,38+,39+,40+,42+,43+,44-,45-,46+,47+,48-,49-,50+,52+,53-,57+/m0/s1. The molecule has 2 saturated heterocycles. The van der Waals surface area contributed by atoms with Gasteiger partial charge in [0.15, 0.2) is 5.78 Å². The highest BCUT2D eigenvalue weighted by Gasteiger charge is 2.53. The van der Waals surface area contributed by atoms with Crippen molar-refractivity contribution in [2.24, 2.45) is 35.5 Å². The SMILES string of the molecule is CCC#CCO[C@H]1C[C@@H]2CC[C@@H](C)[C@@](O)(O2)C(=O)C(=O)N2CCCC[C@H]2C(=O)O[C@H]([C@H](C)C[C@H]2CC[C@@H](OCCO)[C@H](OC)C2)C[C@@H](O)[C@H](C)/C=C(\C)[C@@H](O)[C@@H](OC)C(=O)[C@H](C)C[C@@H](C)/C=C/C=C/C=C/1C. The summed E-state index contributed by atoms with van der Waals surface area (Å²) in [6.07, 6.45) is 12.0. The molecule has 15 nitrogen and oxygen atoms in total. The van der Waals surface area contributed by atoms with Gasteiger partial charge in [0, 0.05) is 57.8 Å². The molecule has 0 aromatic rings. The van der Waals surface area contributed by atoms with Crippen molar-refractivity contribution in [3.05, 3.63) is 47.6 Å². The van der Waals surface area contributed by atoms with Gasteiger partial charge in [-0.25, -0.2) is 4.79 Å². The summed E-state index contributed by atoms with van der Waals surface area (Å²) in [7, 11) is 3.04. The number of aliphatic hydroxyl groups is 4. The molecular weight excluding hydrogens is 923 g/mol. The van der Waals surface area contributed by atoms with Gasteiger partial charge in [-0.3, -0.25) is 14.4 Å². The zero-order valence-corrected chi connectivity index (χ0v) is 45.0. The van der Waals surface area contributed by atoms with E-state index in [4.69, 9.17) is 28.4 Å². The normalized spacial score (nSPS) is 38.4. The monoisotopic (exact) mass is 1010 g/mol. The summed E-state index contributed by atoms with van der Waals surface area (Å²) < 4.78 is 36.3. The second kappa shape index (κ2) is 30.1.